The van der Waals surface area contributed by atoms with E-state index in [1.807, 2.05) is 0 Å². The van der Waals surface area contributed by atoms with Crippen LogP contribution in [-0.2, 0) is 12.8 Å². The van der Waals surface area contributed by atoms with Crippen molar-refractivity contribution in [3.8, 4) is 0 Å². The first kappa shape index (κ1) is 8.23. The Morgan fingerprint density at radius 3 is 2.77 bits per heavy atom. The first-order valence-electron chi connectivity index (χ1n) is 4.28. The van der Waals surface area contributed by atoms with E-state index in [1.165, 1.54) is 12.1 Å². The molecule has 68 valence electrons. The Morgan fingerprint density at radius 2 is 2.08 bits per heavy atom. The van der Waals surface area contributed by atoms with Crippen LogP contribution in [0.15, 0.2) is 18.2 Å². The third-order valence-electron chi connectivity index (χ3n) is 2.54. The van der Waals surface area contributed by atoms with Crippen molar-refractivity contribution in [3.05, 3.63) is 35.1 Å². The molecule has 1 aromatic carbocycles. The number of hydrogen-bond donors (Lipinski definition) is 2. The molecule has 0 radical (unpaired) electrons. The van der Waals surface area contributed by atoms with Gasteiger partial charge in [0.15, 0.2) is 0 Å². The van der Waals surface area contributed by atoms with Gasteiger partial charge in [-0.3, -0.25) is 5.41 Å². The first-order valence-corrected chi connectivity index (χ1v) is 4.28. The molecule has 1 aliphatic rings. The zero-order chi connectivity index (χ0) is 9.42. The molecule has 2 nitrogen and oxygen atoms in total. The number of nitrogens with two attached hydrogens (primary N) is 1. The van der Waals surface area contributed by atoms with Crippen molar-refractivity contribution in [3.63, 3.8) is 0 Å². The van der Waals surface area contributed by atoms with Crippen molar-refractivity contribution >= 4 is 5.84 Å². The van der Waals surface area contributed by atoms with Gasteiger partial charge in [-0.2, -0.15) is 0 Å². The molecule has 1 aromatic rings. The normalized spacial score (nSPS) is 19.9. The molecular formula is C10H11FN2. The SMILES string of the molecule is N=C(N)C1Cc2ccc(F)cc2C1. The zero-order valence-corrected chi connectivity index (χ0v) is 7.18. The van der Waals surface area contributed by atoms with Crippen LogP contribution in [0.5, 0.6) is 0 Å². The van der Waals surface area contributed by atoms with Crippen LogP contribution >= 0.6 is 0 Å². The van der Waals surface area contributed by atoms with Crippen LogP contribution in [0.3, 0.4) is 0 Å². The monoisotopic (exact) mass is 178 g/mol. The first-order chi connectivity index (χ1) is 6.16. The average Bonchev–Trinajstić information content (AvgIpc) is 2.46. The van der Waals surface area contributed by atoms with E-state index in [1.54, 1.807) is 6.07 Å². The number of benzene rings is 1. The lowest BCUT2D eigenvalue weighted by molar-refractivity contribution is 0.625. The highest BCUT2D eigenvalue weighted by Crippen LogP contribution is 2.26. The van der Waals surface area contributed by atoms with Crippen molar-refractivity contribution < 1.29 is 4.39 Å². The topological polar surface area (TPSA) is 49.9 Å². The molecule has 0 spiro atoms. The van der Waals surface area contributed by atoms with Crippen LogP contribution < -0.4 is 5.73 Å². The van der Waals surface area contributed by atoms with Crippen molar-refractivity contribution in [1.29, 1.82) is 5.41 Å². The van der Waals surface area contributed by atoms with Gasteiger partial charge in [0.25, 0.3) is 0 Å². The summed E-state index contributed by atoms with van der Waals surface area (Å²) in [7, 11) is 0. The van der Waals surface area contributed by atoms with Crippen molar-refractivity contribution in [2.45, 2.75) is 12.8 Å². The summed E-state index contributed by atoms with van der Waals surface area (Å²) in [6.07, 6.45) is 1.49. The number of halogens is 1. The molecule has 0 aromatic heterocycles. The van der Waals surface area contributed by atoms with Gasteiger partial charge in [-0.05, 0) is 36.1 Å². The smallest absolute Gasteiger partial charge is 0.123 e. The zero-order valence-electron chi connectivity index (χ0n) is 7.18. The highest BCUT2D eigenvalue weighted by atomic mass is 19.1. The molecule has 0 saturated carbocycles. The molecular weight excluding hydrogens is 167 g/mol. The van der Waals surface area contributed by atoms with Crippen LogP contribution in [0.2, 0.25) is 0 Å². The molecule has 3 N–H and O–H groups in total. The van der Waals surface area contributed by atoms with Crippen LogP contribution in [0.1, 0.15) is 11.1 Å². The Labute approximate surface area is 76.1 Å². The van der Waals surface area contributed by atoms with E-state index < -0.39 is 0 Å². The Balaban J connectivity index is 2.30. The summed E-state index contributed by atoms with van der Waals surface area (Å²) in [5, 5.41) is 7.31. The lowest BCUT2D eigenvalue weighted by Gasteiger charge is -2.03. The maximum atomic E-state index is 12.8. The number of fused-ring (bicyclic) bond motifs is 1. The number of hydrogen-bond acceptors (Lipinski definition) is 1. The van der Waals surface area contributed by atoms with Gasteiger partial charge in [0.05, 0.1) is 5.84 Å². The third-order valence-corrected chi connectivity index (χ3v) is 2.54. The predicted octanol–water partition coefficient (Wildman–Crippen LogP) is 1.48. The molecule has 0 fully saturated rings. The van der Waals surface area contributed by atoms with Gasteiger partial charge in [-0.15, -0.1) is 0 Å². The predicted molar refractivity (Wildman–Crippen MR) is 49.2 cm³/mol. The van der Waals surface area contributed by atoms with Crippen molar-refractivity contribution in [2.75, 3.05) is 0 Å². The molecule has 1 unspecified atom stereocenters. The number of amidine groups is 1. The van der Waals surface area contributed by atoms with Gasteiger partial charge in [0.1, 0.15) is 5.82 Å². The molecule has 1 aliphatic carbocycles. The van der Waals surface area contributed by atoms with E-state index in [0.29, 0.717) is 6.42 Å². The molecule has 0 saturated heterocycles. The minimum Gasteiger partial charge on any atom is -0.387 e. The van der Waals surface area contributed by atoms with Gasteiger partial charge < -0.3 is 5.73 Å². The summed E-state index contributed by atoms with van der Waals surface area (Å²) < 4.78 is 12.8. The third kappa shape index (κ3) is 1.41. The molecule has 0 amide bonds. The second kappa shape index (κ2) is 2.83. The Morgan fingerprint density at radius 1 is 1.38 bits per heavy atom. The summed E-state index contributed by atoms with van der Waals surface area (Å²) in [5.74, 6) is 0.0800. The summed E-state index contributed by atoms with van der Waals surface area (Å²) in [6.45, 7) is 0. The van der Waals surface area contributed by atoms with Crippen LogP contribution in [0.25, 0.3) is 0 Å². The van der Waals surface area contributed by atoms with Crippen LogP contribution in [0, 0.1) is 17.1 Å². The van der Waals surface area contributed by atoms with Gasteiger partial charge in [-0.1, -0.05) is 6.07 Å². The second-order valence-electron chi connectivity index (χ2n) is 3.47. The summed E-state index contributed by atoms with van der Waals surface area (Å²) in [4.78, 5) is 0. The maximum absolute atomic E-state index is 12.8. The van der Waals surface area contributed by atoms with Crippen molar-refractivity contribution in [1.82, 2.24) is 0 Å². The molecule has 0 bridgehead atoms. The van der Waals surface area contributed by atoms with Gasteiger partial charge in [0.2, 0.25) is 0 Å². The molecule has 0 aliphatic heterocycles. The van der Waals surface area contributed by atoms with Crippen LogP contribution in [0.4, 0.5) is 4.39 Å². The largest absolute Gasteiger partial charge is 0.387 e. The molecule has 3 heteroatoms. The highest BCUT2D eigenvalue weighted by Gasteiger charge is 2.23. The fourth-order valence-corrected chi connectivity index (χ4v) is 1.81. The highest BCUT2D eigenvalue weighted by molar-refractivity contribution is 5.81. The Bertz CT molecular complexity index is 360. The average molecular weight is 178 g/mol. The Hall–Kier alpha value is -1.38. The summed E-state index contributed by atoms with van der Waals surface area (Å²) in [5.41, 5.74) is 7.53. The fourth-order valence-electron chi connectivity index (χ4n) is 1.81. The fraction of sp³-hybridized carbons (Fsp3) is 0.300. The minimum atomic E-state index is -0.206. The summed E-state index contributed by atoms with van der Waals surface area (Å²) >= 11 is 0. The number of rotatable bonds is 1. The standard InChI is InChI=1S/C10H11FN2/c11-9-2-1-6-3-8(10(12)13)4-7(6)5-9/h1-2,5,8H,3-4H2,(H3,12,13). The van der Waals surface area contributed by atoms with Gasteiger partial charge in [0, 0.05) is 5.92 Å². The van der Waals surface area contributed by atoms with E-state index in [2.05, 4.69) is 0 Å². The van der Waals surface area contributed by atoms with Gasteiger partial charge in [-0.25, -0.2) is 4.39 Å². The van der Waals surface area contributed by atoms with E-state index >= 15 is 0 Å². The Kier molecular flexibility index (Phi) is 1.79. The molecule has 0 heterocycles. The van der Waals surface area contributed by atoms with Gasteiger partial charge >= 0.3 is 0 Å². The lowest BCUT2D eigenvalue weighted by Crippen LogP contribution is -2.22. The quantitative estimate of drug-likeness (QED) is 0.496. The molecule has 13 heavy (non-hydrogen) atoms. The second-order valence-corrected chi connectivity index (χ2v) is 3.47. The van der Waals surface area contributed by atoms with E-state index in [9.17, 15) is 4.39 Å². The van der Waals surface area contributed by atoms with Crippen LogP contribution in [-0.4, -0.2) is 5.84 Å². The molecule has 2 rings (SSSR count). The van der Waals surface area contributed by atoms with E-state index in [4.69, 9.17) is 11.1 Å². The minimum absolute atomic E-state index is 0.0804. The number of nitrogens with one attached hydrogen (secondary N) is 1. The maximum Gasteiger partial charge on any atom is 0.123 e. The van der Waals surface area contributed by atoms with Crippen molar-refractivity contribution in [2.24, 2.45) is 11.7 Å². The lowest BCUT2D eigenvalue weighted by atomic mass is 10.1. The van der Waals surface area contributed by atoms with E-state index in [0.717, 1.165) is 17.5 Å². The van der Waals surface area contributed by atoms with E-state index in [-0.39, 0.29) is 17.6 Å². The summed E-state index contributed by atoms with van der Waals surface area (Å²) in [6, 6.07) is 4.78. The molecule has 1 atom stereocenters.